The number of nitrogens with one attached hydrogen (secondary N) is 1. The van der Waals surface area contributed by atoms with Gasteiger partial charge in [-0.1, -0.05) is 23.9 Å². The Labute approximate surface area is 120 Å². The maximum Gasteiger partial charge on any atom is 0.287 e. The molecule has 0 bridgehead atoms. The Morgan fingerprint density at radius 2 is 2.25 bits per heavy atom. The van der Waals surface area contributed by atoms with Crippen molar-refractivity contribution in [1.82, 2.24) is 5.32 Å². The molecule has 0 aliphatic heterocycles. The van der Waals surface area contributed by atoms with Gasteiger partial charge < -0.3 is 9.73 Å². The van der Waals surface area contributed by atoms with Gasteiger partial charge in [0.1, 0.15) is 5.82 Å². The Kier molecular flexibility index (Phi) is 3.53. The molecule has 0 fully saturated rings. The van der Waals surface area contributed by atoms with Gasteiger partial charge in [0.15, 0.2) is 10.9 Å². The van der Waals surface area contributed by atoms with E-state index < -0.39 is 0 Å². The molecule has 0 saturated heterocycles. The van der Waals surface area contributed by atoms with Crippen LogP contribution in [0.15, 0.2) is 39.8 Å². The number of carbonyl (C=O) groups excluding carboxylic acids is 1. The van der Waals surface area contributed by atoms with Gasteiger partial charge in [0, 0.05) is 0 Å². The number of furan rings is 1. The second kappa shape index (κ2) is 5.32. The van der Waals surface area contributed by atoms with Crippen molar-refractivity contribution >= 4 is 17.7 Å². The van der Waals surface area contributed by atoms with Gasteiger partial charge in [-0.2, -0.15) is 0 Å². The van der Waals surface area contributed by atoms with Crippen molar-refractivity contribution in [3.05, 3.63) is 53.0 Å². The Morgan fingerprint density at radius 3 is 3.00 bits per heavy atom. The number of hydrogen-bond donors (Lipinski definition) is 1. The third-order valence-corrected chi connectivity index (χ3v) is 4.15. The smallest absolute Gasteiger partial charge is 0.287 e. The molecule has 2 aromatic rings. The van der Waals surface area contributed by atoms with E-state index in [9.17, 15) is 9.18 Å². The molecule has 5 heteroatoms. The van der Waals surface area contributed by atoms with Gasteiger partial charge in [-0.3, -0.25) is 4.79 Å². The summed E-state index contributed by atoms with van der Waals surface area (Å²) in [5.41, 5.74) is 1.58. The minimum absolute atomic E-state index is 0.143. The van der Waals surface area contributed by atoms with E-state index in [1.54, 1.807) is 18.2 Å². The molecule has 1 amide bonds. The third kappa shape index (κ3) is 2.33. The molecule has 20 heavy (non-hydrogen) atoms. The van der Waals surface area contributed by atoms with Crippen LogP contribution in [0.1, 0.15) is 34.1 Å². The standard InChI is InChI=1S/C15H14FNO2S/c1-20-14-8-7-13(19-14)15(18)17-12-6-5-9-10(12)3-2-4-11(9)16/h2-4,7-8,12H,5-6H2,1H3,(H,17,18). The first-order chi connectivity index (χ1) is 9.69. The molecule has 0 radical (unpaired) electrons. The maximum absolute atomic E-state index is 13.6. The quantitative estimate of drug-likeness (QED) is 0.879. The first-order valence-corrected chi connectivity index (χ1v) is 7.63. The minimum atomic E-state index is -0.257. The number of fused-ring (bicyclic) bond motifs is 1. The van der Waals surface area contributed by atoms with Crippen molar-refractivity contribution in [3.63, 3.8) is 0 Å². The van der Waals surface area contributed by atoms with E-state index in [4.69, 9.17) is 4.42 Å². The average Bonchev–Trinajstić information content (AvgIpc) is 3.07. The van der Waals surface area contributed by atoms with E-state index in [2.05, 4.69) is 5.32 Å². The van der Waals surface area contributed by atoms with E-state index in [1.165, 1.54) is 17.8 Å². The van der Waals surface area contributed by atoms with E-state index in [0.29, 0.717) is 22.8 Å². The molecule has 3 rings (SSSR count). The van der Waals surface area contributed by atoms with Crippen molar-refractivity contribution in [3.8, 4) is 0 Å². The average molecular weight is 291 g/mol. The maximum atomic E-state index is 13.6. The zero-order chi connectivity index (χ0) is 14.1. The topological polar surface area (TPSA) is 42.2 Å². The van der Waals surface area contributed by atoms with Crippen LogP contribution in [0.4, 0.5) is 4.39 Å². The number of carbonyl (C=O) groups is 1. The molecule has 1 aromatic carbocycles. The summed E-state index contributed by atoms with van der Waals surface area (Å²) in [5.74, 6) is -0.159. The first kappa shape index (κ1) is 13.2. The lowest BCUT2D eigenvalue weighted by Crippen LogP contribution is -2.26. The highest BCUT2D eigenvalue weighted by Gasteiger charge is 2.27. The van der Waals surface area contributed by atoms with Crippen molar-refractivity contribution in [2.45, 2.75) is 24.0 Å². The largest absolute Gasteiger partial charge is 0.445 e. The van der Waals surface area contributed by atoms with Gasteiger partial charge in [0.25, 0.3) is 5.91 Å². The monoisotopic (exact) mass is 291 g/mol. The molecule has 1 aliphatic rings. The van der Waals surface area contributed by atoms with Gasteiger partial charge in [-0.15, -0.1) is 0 Å². The normalized spacial score (nSPS) is 17.0. The lowest BCUT2D eigenvalue weighted by Gasteiger charge is -2.13. The highest BCUT2D eigenvalue weighted by Crippen LogP contribution is 2.33. The minimum Gasteiger partial charge on any atom is -0.445 e. The first-order valence-electron chi connectivity index (χ1n) is 6.41. The van der Waals surface area contributed by atoms with Crippen molar-refractivity contribution in [2.75, 3.05) is 6.26 Å². The highest BCUT2D eigenvalue weighted by atomic mass is 32.2. The summed E-state index contributed by atoms with van der Waals surface area (Å²) in [6.45, 7) is 0. The second-order valence-electron chi connectivity index (χ2n) is 4.70. The van der Waals surface area contributed by atoms with Crippen molar-refractivity contribution in [2.24, 2.45) is 0 Å². The summed E-state index contributed by atoms with van der Waals surface area (Å²) < 4.78 is 19.0. The molecule has 1 N–H and O–H groups in total. The van der Waals surface area contributed by atoms with Crippen LogP contribution in [0.2, 0.25) is 0 Å². The fourth-order valence-electron chi connectivity index (χ4n) is 2.54. The van der Waals surface area contributed by atoms with Gasteiger partial charge in [-0.05, 0) is 48.4 Å². The summed E-state index contributed by atoms with van der Waals surface area (Å²) in [4.78, 5) is 12.1. The van der Waals surface area contributed by atoms with Crippen LogP contribution in [-0.2, 0) is 6.42 Å². The van der Waals surface area contributed by atoms with Gasteiger partial charge >= 0.3 is 0 Å². The van der Waals surface area contributed by atoms with Crippen molar-refractivity contribution < 1.29 is 13.6 Å². The van der Waals surface area contributed by atoms with Crippen molar-refractivity contribution in [1.29, 1.82) is 0 Å². The lowest BCUT2D eigenvalue weighted by molar-refractivity contribution is 0.0903. The summed E-state index contributed by atoms with van der Waals surface area (Å²) in [5, 5.41) is 3.61. The fraction of sp³-hybridized carbons (Fsp3) is 0.267. The van der Waals surface area contributed by atoms with E-state index in [0.717, 1.165) is 12.0 Å². The molecule has 1 atom stereocenters. The summed E-state index contributed by atoms with van der Waals surface area (Å²) in [7, 11) is 0. The Balaban J connectivity index is 1.77. The second-order valence-corrected chi connectivity index (χ2v) is 5.51. The number of benzene rings is 1. The van der Waals surface area contributed by atoms with Crippen LogP contribution in [0, 0.1) is 5.82 Å². The summed E-state index contributed by atoms with van der Waals surface area (Å²) >= 11 is 1.44. The number of rotatable bonds is 3. The zero-order valence-electron chi connectivity index (χ0n) is 11.0. The molecule has 104 valence electrons. The molecule has 1 unspecified atom stereocenters. The fourth-order valence-corrected chi connectivity index (χ4v) is 2.92. The van der Waals surface area contributed by atoms with Crippen LogP contribution in [-0.4, -0.2) is 12.2 Å². The van der Waals surface area contributed by atoms with Gasteiger partial charge in [-0.25, -0.2) is 4.39 Å². The van der Waals surface area contributed by atoms with Crippen LogP contribution in [0.25, 0.3) is 0 Å². The van der Waals surface area contributed by atoms with Crippen LogP contribution in [0.5, 0.6) is 0 Å². The Hall–Kier alpha value is -1.75. The number of thioether (sulfide) groups is 1. The molecule has 3 nitrogen and oxygen atoms in total. The molecule has 1 aliphatic carbocycles. The molecule has 1 aromatic heterocycles. The number of amides is 1. The molecule has 1 heterocycles. The van der Waals surface area contributed by atoms with E-state index >= 15 is 0 Å². The predicted molar refractivity (Wildman–Crippen MR) is 75.4 cm³/mol. The molecule has 0 saturated carbocycles. The SMILES string of the molecule is CSc1ccc(C(=O)NC2CCc3c(F)cccc32)o1. The van der Waals surface area contributed by atoms with E-state index in [-0.39, 0.29) is 17.8 Å². The van der Waals surface area contributed by atoms with Crippen LogP contribution >= 0.6 is 11.8 Å². The predicted octanol–water partition coefficient (Wildman–Crippen LogP) is 3.56. The molecule has 0 spiro atoms. The van der Waals surface area contributed by atoms with Crippen LogP contribution in [0.3, 0.4) is 0 Å². The number of halogens is 1. The molecular weight excluding hydrogens is 277 g/mol. The van der Waals surface area contributed by atoms with Gasteiger partial charge in [0.05, 0.1) is 6.04 Å². The highest BCUT2D eigenvalue weighted by molar-refractivity contribution is 7.98. The zero-order valence-corrected chi connectivity index (χ0v) is 11.8. The Morgan fingerprint density at radius 1 is 1.40 bits per heavy atom. The van der Waals surface area contributed by atoms with Gasteiger partial charge in [0.2, 0.25) is 0 Å². The lowest BCUT2D eigenvalue weighted by atomic mass is 10.1. The number of hydrogen-bond acceptors (Lipinski definition) is 3. The molecular formula is C15H14FNO2S. The third-order valence-electron chi connectivity index (χ3n) is 3.53. The van der Waals surface area contributed by atoms with E-state index in [1.807, 2.05) is 12.3 Å². The Bertz CT molecular complexity index is 653. The van der Waals surface area contributed by atoms with Crippen LogP contribution < -0.4 is 5.32 Å². The summed E-state index contributed by atoms with van der Waals surface area (Å²) in [6.07, 6.45) is 3.26. The summed E-state index contributed by atoms with van der Waals surface area (Å²) in [6, 6.07) is 8.28.